The summed E-state index contributed by atoms with van der Waals surface area (Å²) in [5, 5.41) is 3.05. The third kappa shape index (κ3) is 15.3. The number of ether oxygens (including phenoxy) is 1. The Labute approximate surface area is 277 Å². The molecule has 0 aliphatic heterocycles. The molecule has 8 nitrogen and oxygen atoms in total. The van der Waals surface area contributed by atoms with Gasteiger partial charge in [-0.25, -0.2) is 0 Å². The van der Waals surface area contributed by atoms with Crippen LogP contribution in [0.2, 0.25) is 0 Å². The minimum absolute atomic E-state index is 0.00321. The minimum Gasteiger partial charge on any atom is -0.376 e. The summed E-state index contributed by atoms with van der Waals surface area (Å²) in [6.07, 6.45) is 6.02. The number of hydrogen-bond acceptors (Lipinski definition) is 6. The highest BCUT2D eigenvalue weighted by molar-refractivity contribution is 5.84. The first-order valence-electron chi connectivity index (χ1n) is 16.0. The molecule has 0 fully saturated rings. The first-order valence-corrected chi connectivity index (χ1v) is 16.0. The second-order valence-corrected chi connectivity index (χ2v) is 12.2. The summed E-state index contributed by atoms with van der Waals surface area (Å²) < 4.78 is 7.62. The molecule has 2 aromatic carbocycles. The Morgan fingerprint density at radius 3 is 1.89 bits per heavy atom. The van der Waals surface area contributed by atoms with Crippen LogP contribution in [0.1, 0.15) is 84.0 Å². The van der Waals surface area contributed by atoms with Crippen molar-refractivity contribution in [1.29, 1.82) is 0 Å². The van der Waals surface area contributed by atoms with Gasteiger partial charge in [-0.1, -0.05) is 81.1 Å². The van der Waals surface area contributed by atoms with Crippen molar-refractivity contribution < 1.29 is 19.1 Å². The van der Waals surface area contributed by atoms with Crippen LogP contribution in [-0.2, 0) is 25.7 Å². The molecule has 0 saturated heterocycles. The maximum absolute atomic E-state index is 13.1. The fourth-order valence-corrected chi connectivity index (χ4v) is 4.33. The van der Waals surface area contributed by atoms with E-state index in [9.17, 15) is 14.4 Å². The summed E-state index contributed by atoms with van der Waals surface area (Å²) in [6, 6.07) is 21.2. The van der Waals surface area contributed by atoms with Gasteiger partial charge < -0.3 is 30.0 Å². The highest BCUT2D eigenvalue weighted by Gasteiger charge is 2.26. The SMILES string of the molecule is C=C(NC(COCc1ccccc1)C(C)=O)C(C)(C)N.CC(C)=O.CCCN(CCC)C(=O)C(c1ccccc1)n1ccc(C)c1. The number of carbonyl (C=O) groups is 3. The van der Waals surface area contributed by atoms with E-state index >= 15 is 0 Å². The zero-order chi connectivity index (χ0) is 34.7. The van der Waals surface area contributed by atoms with E-state index in [-0.39, 0.29) is 23.5 Å². The zero-order valence-electron chi connectivity index (χ0n) is 29.2. The van der Waals surface area contributed by atoms with Crippen molar-refractivity contribution in [2.75, 3.05) is 19.7 Å². The molecule has 252 valence electrons. The molecule has 3 rings (SSSR count). The molecule has 1 aromatic heterocycles. The quantitative estimate of drug-likeness (QED) is 0.195. The van der Waals surface area contributed by atoms with Crippen LogP contribution in [0.25, 0.3) is 0 Å². The van der Waals surface area contributed by atoms with E-state index in [0.717, 1.165) is 37.1 Å². The monoisotopic (exact) mass is 632 g/mol. The van der Waals surface area contributed by atoms with E-state index in [4.69, 9.17) is 10.5 Å². The molecular weight excluding hydrogens is 576 g/mol. The van der Waals surface area contributed by atoms with Crippen molar-refractivity contribution in [2.24, 2.45) is 5.73 Å². The molecule has 8 heteroatoms. The second-order valence-electron chi connectivity index (χ2n) is 12.2. The van der Waals surface area contributed by atoms with Crippen molar-refractivity contribution in [1.82, 2.24) is 14.8 Å². The average molecular weight is 633 g/mol. The summed E-state index contributed by atoms with van der Waals surface area (Å²) in [6.45, 7) is 20.8. The molecule has 3 N–H and O–H groups in total. The number of aryl methyl sites for hydroxylation is 1. The molecular formula is C38H56N4O4. The first kappa shape index (κ1) is 40.0. The lowest BCUT2D eigenvalue weighted by atomic mass is 10.0. The number of carbonyl (C=O) groups excluding carboxylic acids is 3. The van der Waals surface area contributed by atoms with Gasteiger partial charge in [-0.2, -0.15) is 0 Å². The van der Waals surface area contributed by atoms with E-state index in [1.54, 1.807) is 0 Å². The van der Waals surface area contributed by atoms with Crippen molar-refractivity contribution in [3.8, 4) is 0 Å². The van der Waals surface area contributed by atoms with E-state index in [2.05, 4.69) is 32.7 Å². The molecule has 46 heavy (non-hydrogen) atoms. The second kappa shape index (κ2) is 20.9. The molecule has 1 amide bonds. The van der Waals surface area contributed by atoms with Gasteiger partial charge in [0.05, 0.1) is 13.2 Å². The third-order valence-electron chi connectivity index (χ3n) is 6.82. The van der Waals surface area contributed by atoms with Crippen molar-refractivity contribution in [2.45, 2.75) is 92.5 Å². The summed E-state index contributed by atoms with van der Waals surface area (Å²) in [7, 11) is 0. The Kier molecular flexibility index (Phi) is 18.2. The van der Waals surface area contributed by atoms with Crippen LogP contribution in [0.5, 0.6) is 0 Å². The zero-order valence-corrected chi connectivity index (χ0v) is 29.2. The number of nitrogens with one attached hydrogen (secondary N) is 1. The molecule has 3 aromatic rings. The van der Waals surface area contributed by atoms with Crippen LogP contribution in [0.3, 0.4) is 0 Å². The van der Waals surface area contributed by atoms with Crippen LogP contribution in [0.15, 0.2) is 91.4 Å². The molecule has 1 heterocycles. The number of ketones is 2. The standard InChI is InChI=1S/C19H26N2O.C16H24N2O2.C3H6O/c1-4-12-20(13-5-2)19(22)18(17-9-7-6-8-10-17)21-14-11-16(3)15-21;1-12(19)15(18-13(2)16(3,4)17)11-20-10-14-8-6-5-7-9-14;1-3(2)4/h6-11,14-15,18H,4-5,12-13H2,1-3H3;5-9,15,18H,2,10-11,17H2,1,3-4H3;1-2H3. The summed E-state index contributed by atoms with van der Waals surface area (Å²) in [5.41, 5.74) is 9.27. The summed E-state index contributed by atoms with van der Waals surface area (Å²) >= 11 is 0. The van der Waals surface area contributed by atoms with Gasteiger partial charge in [0.25, 0.3) is 0 Å². The van der Waals surface area contributed by atoms with E-state index in [1.165, 1.54) is 26.3 Å². The molecule has 0 radical (unpaired) electrons. The van der Waals surface area contributed by atoms with Gasteiger partial charge in [-0.15, -0.1) is 0 Å². The van der Waals surface area contributed by atoms with E-state index < -0.39 is 11.6 Å². The molecule has 0 bridgehead atoms. The van der Waals surface area contributed by atoms with Crippen LogP contribution in [0, 0.1) is 6.92 Å². The lowest BCUT2D eigenvalue weighted by Crippen LogP contribution is -2.47. The highest BCUT2D eigenvalue weighted by Crippen LogP contribution is 2.22. The molecule has 0 aliphatic carbocycles. The van der Waals surface area contributed by atoms with Crippen LogP contribution < -0.4 is 11.1 Å². The number of rotatable bonds is 15. The maximum Gasteiger partial charge on any atom is 0.250 e. The van der Waals surface area contributed by atoms with Gasteiger partial charge in [-0.3, -0.25) is 9.59 Å². The van der Waals surface area contributed by atoms with Crippen LogP contribution in [-0.4, -0.2) is 58.2 Å². The topological polar surface area (TPSA) is 107 Å². The van der Waals surface area contributed by atoms with Crippen molar-refractivity contribution in [3.63, 3.8) is 0 Å². The number of aromatic nitrogens is 1. The van der Waals surface area contributed by atoms with Crippen LogP contribution in [0.4, 0.5) is 0 Å². The normalized spacial score (nSPS) is 11.9. The van der Waals surface area contributed by atoms with Gasteiger partial charge in [0, 0.05) is 36.7 Å². The predicted octanol–water partition coefficient (Wildman–Crippen LogP) is 6.63. The lowest BCUT2D eigenvalue weighted by Gasteiger charge is -2.28. The lowest BCUT2D eigenvalue weighted by molar-refractivity contribution is -0.133. The maximum atomic E-state index is 13.1. The average Bonchev–Trinajstić information content (AvgIpc) is 3.42. The van der Waals surface area contributed by atoms with E-state index in [1.807, 2.05) is 102 Å². The number of nitrogens with two attached hydrogens (primary N) is 1. The fourth-order valence-electron chi connectivity index (χ4n) is 4.33. The number of benzene rings is 2. The number of nitrogens with zero attached hydrogens (tertiary/aromatic N) is 2. The van der Waals surface area contributed by atoms with Crippen molar-refractivity contribution >= 4 is 17.5 Å². The number of Topliss-reactive ketones (excluding diaryl/α,β-unsaturated/α-hetero) is 2. The first-order chi connectivity index (χ1) is 21.7. The molecule has 0 spiro atoms. The number of amides is 1. The minimum atomic E-state index is -0.576. The number of hydrogen-bond donors (Lipinski definition) is 2. The van der Waals surface area contributed by atoms with Crippen molar-refractivity contribution in [3.05, 3.63) is 108 Å². The van der Waals surface area contributed by atoms with Gasteiger partial charge in [0.2, 0.25) is 5.91 Å². The smallest absolute Gasteiger partial charge is 0.250 e. The van der Waals surface area contributed by atoms with Gasteiger partial charge in [0.15, 0.2) is 5.78 Å². The Morgan fingerprint density at radius 2 is 1.46 bits per heavy atom. The van der Waals surface area contributed by atoms with Gasteiger partial charge in [0.1, 0.15) is 17.9 Å². The Morgan fingerprint density at radius 1 is 0.935 bits per heavy atom. The Hall–Kier alpha value is -4.01. The molecule has 2 unspecified atom stereocenters. The van der Waals surface area contributed by atoms with Gasteiger partial charge >= 0.3 is 0 Å². The van der Waals surface area contributed by atoms with Crippen LogP contribution >= 0.6 is 0 Å². The van der Waals surface area contributed by atoms with E-state index in [0.29, 0.717) is 18.9 Å². The fraction of sp³-hybridized carbons (Fsp3) is 0.447. The third-order valence-corrected chi connectivity index (χ3v) is 6.82. The predicted molar refractivity (Wildman–Crippen MR) is 188 cm³/mol. The molecule has 0 aliphatic rings. The molecule has 0 saturated carbocycles. The Bertz CT molecular complexity index is 1320. The summed E-state index contributed by atoms with van der Waals surface area (Å²) in [4.78, 5) is 36.2. The Balaban J connectivity index is 0.000000414. The highest BCUT2D eigenvalue weighted by atomic mass is 16.5. The van der Waals surface area contributed by atoms with Gasteiger partial charge in [-0.05, 0) is 77.1 Å². The summed E-state index contributed by atoms with van der Waals surface area (Å²) in [5.74, 6) is 0.356. The largest absolute Gasteiger partial charge is 0.376 e. The molecule has 2 atom stereocenters.